The van der Waals surface area contributed by atoms with Crippen molar-refractivity contribution in [3.8, 4) is 0 Å². The fourth-order valence-electron chi connectivity index (χ4n) is 3.25. The molecule has 7 nitrogen and oxygen atoms in total. The Balaban J connectivity index is 1.29. The average Bonchev–Trinajstić information content (AvgIpc) is 3.48. The SMILES string of the molecule is Cc1ccc(=O)n(CCN2CCN(c3ccc(C4CC4)nn3)CC2)n1. The van der Waals surface area contributed by atoms with E-state index in [2.05, 4.69) is 37.2 Å². The zero-order valence-electron chi connectivity index (χ0n) is 14.6. The van der Waals surface area contributed by atoms with E-state index in [-0.39, 0.29) is 5.56 Å². The van der Waals surface area contributed by atoms with Crippen molar-refractivity contribution in [2.24, 2.45) is 0 Å². The van der Waals surface area contributed by atoms with Gasteiger partial charge < -0.3 is 4.90 Å². The van der Waals surface area contributed by atoms with Gasteiger partial charge in [0.25, 0.3) is 5.56 Å². The second kappa shape index (κ2) is 6.92. The molecule has 1 saturated carbocycles. The van der Waals surface area contributed by atoms with Crippen LogP contribution in [-0.2, 0) is 6.54 Å². The zero-order chi connectivity index (χ0) is 17.2. The predicted octanol–water partition coefficient (Wildman–Crippen LogP) is 1.04. The van der Waals surface area contributed by atoms with Crippen LogP contribution in [0.25, 0.3) is 0 Å². The molecule has 1 aliphatic heterocycles. The topological polar surface area (TPSA) is 67.2 Å². The second-order valence-electron chi connectivity index (χ2n) is 6.96. The van der Waals surface area contributed by atoms with Gasteiger partial charge in [0.15, 0.2) is 5.82 Å². The Bertz CT molecular complexity index is 775. The molecule has 2 aromatic rings. The molecule has 0 unspecified atom stereocenters. The minimum absolute atomic E-state index is 0.0322. The summed E-state index contributed by atoms with van der Waals surface area (Å²) in [6, 6.07) is 7.58. The number of anilines is 1. The fourth-order valence-corrected chi connectivity index (χ4v) is 3.25. The molecule has 2 fully saturated rings. The average molecular weight is 340 g/mol. The molecule has 7 heteroatoms. The highest BCUT2D eigenvalue weighted by Crippen LogP contribution is 2.38. The molecule has 0 bridgehead atoms. The number of aryl methyl sites for hydroxylation is 1. The minimum atomic E-state index is -0.0322. The van der Waals surface area contributed by atoms with Crippen LogP contribution in [0.15, 0.2) is 29.1 Å². The first-order chi connectivity index (χ1) is 12.2. The molecule has 1 aliphatic carbocycles. The van der Waals surface area contributed by atoms with Gasteiger partial charge in [0.2, 0.25) is 0 Å². The molecule has 2 aromatic heterocycles. The fraction of sp³-hybridized carbons (Fsp3) is 0.556. The lowest BCUT2D eigenvalue weighted by Crippen LogP contribution is -2.48. The van der Waals surface area contributed by atoms with Crippen LogP contribution in [0.4, 0.5) is 5.82 Å². The molecular formula is C18H24N6O. The highest BCUT2D eigenvalue weighted by molar-refractivity contribution is 5.38. The van der Waals surface area contributed by atoms with E-state index in [1.54, 1.807) is 16.8 Å². The van der Waals surface area contributed by atoms with E-state index in [1.807, 2.05) is 6.92 Å². The lowest BCUT2D eigenvalue weighted by molar-refractivity contribution is 0.242. The lowest BCUT2D eigenvalue weighted by Gasteiger charge is -2.35. The molecule has 0 atom stereocenters. The first kappa shape index (κ1) is 16.2. The van der Waals surface area contributed by atoms with Gasteiger partial charge in [-0.25, -0.2) is 4.68 Å². The van der Waals surface area contributed by atoms with Crippen LogP contribution in [-0.4, -0.2) is 57.6 Å². The van der Waals surface area contributed by atoms with Gasteiger partial charge in [-0.1, -0.05) is 0 Å². The number of rotatable bonds is 5. The van der Waals surface area contributed by atoms with Crippen molar-refractivity contribution in [3.05, 3.63) is 46.0 Å². The summed E-state index contributed by atoms with van der Waals surface area (Å²) in [6.45, 7) is 7.19. The van der Waals surface area contributed by atoms with E-state index in [0.717, 1.165) is 49.9 Å². The molecule has 0 N–H and O–H groups in total. The molecule has 2 aliphatic rings. The van der Waals surface area contributed by atoms with Crippen molar-refractivity contribution < 1.29 is 0 Å². The van der Waals surface area contributed by atoms with Gasteiger partial charge in [-0.3, -0.25) is 9.69 Å². The Morgan fingerprint density at radius 2 is 1.80 bits per heavy atom. The monoisotopic (exact) mass is 340 g/mol. The van der Waals surface area contributed by atoms with Gasteiger partial charge in [-0.15, -0.1) is 5.10 Å². The van der Waals surface area contributed by atoms with E-state index in [4.69, 9.17) is 0 Å². The normalized spacial score (nSPS) is 18.5. The Kier molecular flexibility index (Phi) is 4.48. The number of hydrogen-bond donors (Lipinski definition) is 0. The largest absolute Gasteiger partial charge is 0.353 e. The third-order valence-electron chi connectivity index (χ3n) is 4.99. The molecule has 0 amide bonds. The van der Waals surface area contributed by atoms with Gasteiger partial charge in [-0.05, 0) is 38.0 Å². The van der Waals surface area contributed by atoms with Gasteiger partial charge in [-0.2, -0.15) is 10.2 Å². The number of aromatic nitrogens is 4. The summed E-state index contributed by atoms with van der Waals surface area (Å²) in [5.41, 5.74) is 1.98. The Labute approximate surface area is 147 Å². The smallest absolute Gasteiger partial charge is 0.266 e. The maximum atomic E-state index is 11.8. The maximum absolute atomic E-state index is 11.8. The lowest BCUT2D eigenvalue weighted by atomic mass is 10.2. The molecule has 3 heterocycles. The summed E-state index contributed by atoms with van der Waals surface area (Å²) >= 11 is 0. The Hall–Kier alpha value is -2.28. The second-order valence-corrected chi connectivity index (χ2v) is 6.96. The molecule has 0 aromatic carbocycles. The van der Waals surface area contributed by atoms with Crippen LogP contribution in [0.5, 0.6) is 0 Å². The van der Waals surface area contributed by atoms with Crippen molar-refractivity contribution in [3.63, 3.8) is 0 Å². The highest BCUT2D eigenvalue weighted by Gasteiger charge is 2.26. The minimum Gasteiger partial charge on any atom is -0.353 e. The number of nitrogens with zero attached hydrogens (tertiary/aromatic N) is 6. The summed E-state index contributed by atoms with van der Waals surface area (Å²) in [5, 5.41) is 13.1. The summed E-state index contributed by atoms with van der Waals surface area (Å²) < 4.78 is 1.56. The van der Waals surface area contributed by atoms with Crippen molar-refractivity contribution in [2.45, 2.75) is 32.2 Å². The predicted molar refractivity (Wildman–Crippen MR) is 95.9 cm³/mol. The van der Waals surface area contributed by atoms with Crippen LogP contribution >= 0.6 is 0 Å². The van der Waals surface area contributed by atoms with Gasteiger partial charge in [0.05, 0.1) is 17.9 Å². The van der Waals surface area contributed by atoms with E-state index in [0.29, 0.717) is 12.5 Å². The third kappa shape index (κ3) is 3.87. The van der Waals surface area contributed by atoms with Crippen LogP contribution in [0.1, 0.15) is 30.1 Å². The summed E-state index contributed by atoms with van der Waals surface area (Å²) in [7, 11) is 0. The molecule has 0 spiro atoms. The van der Waals surface area contributed by atoms with Crippen molar-refractivity contribution in [1.29, 1.82) is 0 Å². The van der Waals surface area contributed by atoms with E-state index in [9.17, 15) is 4.79 Å². The first-order valence-electron chi connectivity index (χ1n) is 9.05. The number of hydrogen-bond acceptors (Lipinski definition) is 6. The molecule has 4 rings (SSSR count). The summed E-state index contributed by atoms with van der Waals surface area (Å²) in [4.78, 5) is 16.5. The van der Waals surface area contributed by atoms with Crippen LogP contribution in [0.3, 0.4) is 0 Å². The third-order valence-corrected chi connectivity index (χ3v) is 4.99. The summed E-state index contributed by atoms with van der Waals surface area (Å²) in [6.07, 6.45) is 2.51. The van der Waals surface area contributed by atoms with Crippen LogP contribution in [0.2, 0.25) is 0 Å². The summed E-state index contributed by atoms with van der Waals surface area (Å²) in [5.74, 6) is 1.62. The van der Waals surface area contributed by atoms with Gasteiger partial charge in [0, 0.05) is 44.7 Å². The first-order valence-corrected chi connectivity index (χ1v) is 9.05. The van der Waals surface area contributed by atoms with E-state index in [1.165, 1.54) is 12.8 Å². The van der Waals surface area contributed by atoms with E-state index >= 15 is 0 Å². The van der Waals surface area contributed by atoms with E-state index < -0.39 is 0 Å². The maximum Gasteiger partial charge on any atom is 0.266 e. The van der Waals surface area contributed by atoms with Crippen molar-refractivity contribution >= 4 is 5.82 Å². The van der Waals surface area contributed by atoms with Crippen LogP contribution in [0, 0.1) is 6.92 Å². The zero-order valence-corrected chi connectivity index (χ0v) is 14.6. The standard InChI is InChI=1S/C18H24N6O/c1-14-2-7-18(25)24(21-14)13-10-22-8-11-23(12-9-22)17-6-5-16(19-20-17)15-3-4-15/h2,5-7,15H,3-4,8-13H2,1H3. The highest BCUT2D eigenvalue weighted by atomic mass is 16.1. The van der Waals surface area contributed by atoms with Gasteiger partial charge >= 0.3 is 0 Å². The van der Waals surface area contributed by atoms with Gasteiger partial charge in [0.1, 0.15) is 0 Å². The quantitative estimate of drug-likeness (QED) is 0.810. The molecule has 132 valence electrons. The molecule has 1 saturated heterocycles. The Morgan fingerprint density at radius 1 is 1.00 bits per heavy atom. The molecular weight excluding hydrogens is 316 g/mol. The van der Waals surface area contributed by atoms with Crippen molar-refractivity contribution in [1.82, 2.24) is 24.9 Å². The molecule has 0 radical (unpaired) electrons. The molecule has 25 heavy (non-hydrogen) atoms. The Morgan fingerprint density at radius 3 is 2.48 bits per heavy atom. The van der Waals surface area contributed by atoms with Crippen LogP contribution < -0.4 is 10.5 Å². The number of piperazine rings is 1. The van der Waals surface area contributed by atoms with Crippen molar-refractivity contribution in [2.75, 3.05) is 37.6 Å².